The van der Waals surface area contributed by atoms with Gasteiger partial charge in [0.1, 0.15) is 6.42 Å². The fourth-order valence-electron chi connectivity index (χ4n) is 1.93. The molecule has 1 fully saturated rings. The van der Waals surface area contributed by atoms with Crippen molar-refractivity contribution in [3.05, 3.63) is 0 Å². The van der Waals surface area contributed by atoms with E-state index in [0.29, 0.717) is 6.61 Å². The van der Waals surface area contributed by atoms with Crippen molar-refractivity contribution in [3.8, 4) is 6.07 Å². The fourth-order valence-corrected chi connectivity index (χ4v) is 1.93. The average molecular weight is 195 g/mol. The highest BCUT2D eigenvalue weighted by atomic mass is 16.5. The molecule has 3 heteroatoms. The molecule has 3 nitrogen and oxygen atoms in total. The van der Waals surface area contributed by atoms with Gasteiger partial charge < -0.3 is 4.74 Å². The summed E-state index contributed by atoms with van der Waals surface area (Å²) in [7, 11) is 0. The van der Waals surface area contributed by atoms with Crippen LogP contribution in [0.2, 0.25) is 0 Å². The summed E-state index contributed by atoms with van der Waals surface area (Å²) in [5, 5.41) is 8.23. The van der Waals surface area contributed by atoms with Crippen LogP contribution in [0.5, 0.6) is 0 Å². The highest BCUT2D eigenvalue weighted by Crippen LogP contribution is 2.25. The lowest BCUT2D eigenvalue weighted by molar-refractivity contribution is -0.142. The quantitative estimate of drug-likeness (QED) is 0.647. The van der Waals surface area contributed by atoms with E-state index in [4.69, 9.17) is 10.00 Å². The summed E-state index contributed by atoms with van der Waals surface area (Å²) in [5.41, 5.74) is 0. The highest BCUT2D eigenvalue weighted by molar-refractivity contribution is 5.71. The van der Waals surface area contributed by atoms with Crippen molar-refractivity contribution < 1.29 is 9.53 Å². The first kappa shape index (κ1) is 11.0. The van der Waals surface area contributed by atoms with E-state index >= 15 is 0 Å². The molecule has 1 aliphatic rings. The van der Waals surface area contributed by atoms with E-state index in [1.807, 2.05) is 0 Å². The van der Waals surface area contributed by atoms with Gasteiger partial charge in [-0.2, -0.15) is 5.26 Å². The summed E-state index contributed by atoms with van der Waals surface area (Å²) in [6.07, 6.45) is 7.38. The molecule has 14 heavy (non-hydrogen) atoms. The predicted octanol–water partition coefficient (Wildman–Crippen LogP) is 2.41. The summed E-state index contributed by atoms with van der Waals surface area (Å²) in [4.78, 5) is 10.8. The number of carbonyl (C=O) groups excluding carboxylic acids is 1. The lowest BCUT2D eigenvalue weighted by Gasteiger charge is -2.20. The number of carbonyl (C=O) groups is 1. The van der Waals surface area contributed by atoms with Gasteiger partial charge in [-0.05, 0) is 12.3 Å². The van der Waals surface area contributed by atoms with Crippen molar-refractivity contribution in [2.75, 3.05) is 6.61 Å². The van der Waals surface area contributed by atoms with Crippen LogP contribution < -0.4 is 0 Å². The molecule has 0 radical (unpaired) electrons. The van der Waals surface area contributed by atoms with E-state index in [2.05, 4.69) is 0 Å². The molecule has 0 aromatic rings. The molecule has 0 spiro atoms. The summed E-state index contributed by atoms with van der Waals surface area (Å²) in [5.74, 6) is 0.349. The third-order valence-corrected chi connectivity index (χ3v) is 2.74. The lowest BCUT2D eigenvalue weighted by atomic mass is 9.87. The Morgan fingerprint density at radius 3 is 2.71 bits per heavy atom. The minimum atomic E-state index is -0.386. The molecule has 0 heterocycles. The maximum Gasteiger partial charge on any atom is 0.320 e. The largest absolute Gasteiger partial charge is 0.465 e. The Kier molecular flexibility index (Phi) is 5.06. The monoisotopic (exact) mass is 195 g/mol. The standard InChI is InChI=1S/C11H17NO2/c12-8-6-11(13)14-9-7-10-4-2-1-3-5-10/h10H,1-7,9H2. The molecule has 0 aromatic heterocycles. The normalized spacial score (nSPS) is 17.4. The zero-order valence-electron chi connectivity index (χ0n) is 8.50. The number of ether oxygens (including phenoxy) is 1. The third-order valence-electron chi connectivity index (χ3n) is 2.74. The first-order chi connectivity index (χ1) is 6.83. The Morgan fingerprint density at radius 1 is 1.36 bits per heavy atom. The zero-order chi connectivity index (χ0) is 10.2. The SMILES string of the molecule is N#CCC(=O)OCCC1CCCCC1. The third kappa shape index (κ3) is 4.27. The van der Waals surface area contributed by atoms with Crippen molar-refractivity contribution in [1.29, 1.82) is 5.26 Å². The lowest BCUT2D eigenvalue weighted by Crippen LogP contribution is -2.12. The van der Waals surface area contributed by atoms with Crippen LogP contribution in [0.1, 0.15) is 44.9 Å². The van der Waals surface area contributed by atoms with Gasteiger partial charge in [0.2, 0.25) is 0 Å². The van der Waals surface area contributed by atoms with Gasteiger partial charge in [0, 0.05) is 0 Å². The summed E-state index contributed by atoms with van der Waals surface area (Å²) in [6.45, 7) is 0.491. The van der Waals surface area contributed by atoms with Crippen molar-refractivity contribution in [2.24, 2.45) is 5.92 Å². The van der Waals surface area contributed by atoms with Gasteiger partial charge in [-0.25, -0.2) is 0 Å². The Hall–Kier alpha value is -1.04. The van der Waals surface area contributed by atoms with Gasteiger partial charge in [-0.1, -0.05) is 32.1 Å². The maximum absolute atomic E-state index is 10.8. The molecule has 0 bridgehead atoms. The zero-order valence-corrected chi connectivity index (χ0v) is 8.50. The molecule has 1 aliphatic carbocycles. The second kappa shape index (κ2) is 6.42. The van der Waals surface area contributed by atoms with Gasteiger partial charge >= 0.3 is 5.97 Å². The van der Waals surface area contributed by atoms with E-state index in [0.717, 1.165) is 12.3 Å². The second-order valence-corrected chi connectivity index (χ2v) is 3.85. The first-order valence-corrected chi connectivity index (χ1v) is 5.35. The van der Waals surface area contributed by atoms with Crippen LogP contribution in [0.4, 0.5) is 0 Å². The fraction of sp³-hybridized carbons (Fsp3) is 0.818. The predicted molar refractivity (Wildman–Crippen MR) is 52.4 cm³/mol. The summed E-state index contributed by atoms with van der Waals surface area (Å²) < 4.78 is 4.92. The number of nitriles is 1. The number of hydrogen-bond donors (Lipinski definition) is 0. The van der Waals surface area contributed by atoms with Crippen molar-refractivity contribution in [3.63, 3.8) is 0 Å². The number of esters is 1. The topological polar surface area (TPSA) is 50.1 Å². The Balaban J connectivity index is 2.03. The number of nitrogens with zero attached hydrogens (tertiary/aromatic N) is 1. The molecule has 0 aromatic carbocycles. The molecule has 1 saturated carbocycles. The molecule has 0 unspecified atom stereocenters. The highest BCUT2D eigenvalue weighted by Gasteiger charge is 2.13. The van der Waals surface area contributed by atoms with Crippen LogP contribution in [0, 0.1) is 17.2 Å². The van der Waals surface area contributed by atoms with E-state index in [-0.39, 0.29) is 12.4 Å². The van der Waals surface area contributed by atoms with Crippen LogP contribution in [0.15, 0.2) is 0 Å². The Bertz CT molecular complexity index is 214. The van der Waals surface area contributed by atoms with E-state index < -0.39 is 0 Å². The van der Waals surface area contributed by atoms with Crippen LogP contribution in [0.3, 0.4) is 0 Å². The van der Waals surface area contributed by atoms with Gasteiger partial charge in [0.05, 0.1) is 12.7 Å². The molecule has 0 amide bonds. The van der Waals surface area contributed by atoms with E-state index in [1.165, 1.54) is 32.1 Å². The summed E-state index contributed by atoms with van der Waals surface area (Å²) in [6, 6.07) is 1.78. The van der Waals surface area contributed by atoms with Gasteiger partial charge in [-0.3, -0.25) is 4.79 Å². The molecule has 0 N–H and O–H groups in total. The molecule has 1 rings (SSSR count). The molecule has 78 valence electrons. The average Bonchev–Trinajstić information content (AvgIpc) is 2.20. The molecule has 0 atom stereocenters. The Morgan fingerprint density at radius 2 is 2.07 bits per heavy atom. The van der Waals surface area contributed by atoms with Crippen molar-refractivity contribution in [1.82, 2.24) is 0 Å². The molecule has 0 aliphatic heterocycles. The molecule has 0 saturated heterocycles. The second-order valence-electron chi connectivity index (χ2n) is 3.85. The minimum Gasteiger partial charge on any atom is -0.465 e. The minimum absolute atomic E-state index is 0.120. The Labute approximate surface area is 85.1 Å². The van der Waals surface area contributed by atoms with Gasteiger partial charge in [0.15, 0.2) is 0 Å². The van der Waals surface area contributed by atoms with Crippen molar-refractivity contribution >= 4 is 5.97 Å². The van der Waals surface area contributed by atoms with Crippen LogP contribution in [-0.2, 0) is 9.53 Å². The van der Waals surface area contributed by atoms with E-state index in [9.17, 15) is 4.79 Å². The number of rotatable bonds is 4. The first-order valence-electron chi connectivity index (χ1n) is 5.35. The van der Waals surface area contributed by atoms with Crippen molar-refractivity contribution in [2.45, 2.75) is 44.9 Å². The molecular weight excluding hydrogens is 178 g/mol. The van der Waals surface area contributed by atoms with Crippen LogP contribution in [-0.4, -0.2) is 12.6 Å². The number of hydrogen-bond acceptors (Lipinski definition) is 3. The van der Waals surface area contributed by atoms with Crippen LogP contribution >= 0.6 is 0 Å². The maximum atomic E-state index is 10.8. The van der Waals surface area contributed by atoms with Crippen LogP contribution in [0.25, 0.3) is 0 Å². The van der Waals surface area contributed by atoms with Gasteiger partial charge in [0.25, 0.3) is 0 Å². The smallest absolute Gasteiger partial charge is 0.320 e. The summed E-state index contributed by atoms with van der Waals surface area (Å²) >= 11 is 0. The van der Waals surface area contributed by atoms with E-state index in [1.54, 1.807) is 6.07 Å². The molecular formula is C11H17NO2. The van der Waals surface area contributed by atoms with Gasteiger partial charge in [-0.15, -0.1) is 0 Å².